The molecule has 1 aromatic heterocycles. The van der Waals surface area contributed by atoms with Crippen LogP contribution < -0.4 is 4.72 Å². The Morgan fingerprint density at radius 1 is 1.38 bits per heavy atom. The number of likely N-dealkylation sites (tertiary alicyclic amines) is 1. The van der Waals surface area contributed by atoms with Crippen LogP contribution in [0.5, 0.6) is 0 Å². The van der Waals surface area contributed by atoms with Crippen LogP contribution in [0.25, 0.3) is 0 Å². The van der Waals surface area contributed by atoms with Gasteiger partial charge in [-0.05, 0) is 43.5 Å². The summed E-state index contributed by atoms with van der Waals surface area (Å²) in [6.45, 7) is 5.45. The van der Waals surface area contributed by atoms with E-state index in [4.69, 9.17) is 5.11 Å². The second kappa shape index (κ2) is 7.31. The van der Waals surface area contributed by atoms with Crippen LogP contribution in [0.3, 0.4) is 0 Å². The Morgan fingerprint density at radius 2 is 2.10 bits per heavy atom. The maximum absolute atomic E-state index is 12.1. The topological polar surface area (TPSA) is 82.5 Å². The molecule has 0 bridgehead atoms. The number of nitrogens with zero attached hydrogens (tertiary/aromatic N) is 2. The van der Waals surface area contributed by atoms with Gasteiger partial charge in [0.2, 0.25) is 0 Å². The van der Waals surface area contributed by atoms with Crippen LogP contribution in [0, 0.1) is 5.92 Å². The molecule has 6 nitrogen and oxygen atoms in total. The zero-order valence-electron chi connectivity index (χ0n) is 12.3. The lowest BCUT2D eigenvalue weighted by atomic mass is 10.2. The van der Waals surface area contributed by atoms with Crippen LogP contribution in [-0.2, 0) is 16.6 Å². The molecule has 118 valence electrons. The maximum Gasteiger partial charge on any atom is 0.258 e. The lowest BCUT2D eigenvalue weighted by molar-refractivity contribution is 0.281. The monoisotopic (exact) mass is 313 g/mol. The van der Waals surface area contributed by atoms with Gasteiger partial charge >= 0.3 is 0 Å². The van der Waals surface area contributed by atoms with E-state index in [-0.39, 0.29) is 17.6 Å². The predicted molar refractivity (Wildman–Crippen MR) is 80.2 cm³/mol. The SMILES string of the molecule is CC(CNS(=O)(=O)c1ccc(CO)cn1)CN1CCCC1. The highest BCUT2D eigenvalue weighted by atomic mass is 32.2. The van der Waals surface area contributed by atoms with E-state index >= 15 is 0 Å². The van der Waals surface area contributed by atoms with Crippen molar-refractivity contribution in [2.75, 3.05) is 26.2 Å². The van der Waals surface area contributed by atoms with Crippen molar-refractivity contribution < 1.29 is 13.5 Å². The number of hydrogen-bond donors (Lipinski definition) is 2. The van der Waals surface area contributed by atoms with Gasteiger partial charge in [-0.15, -0.1) is 0 Å². The molecular formula is C14H23N3O3S. The summed E-state index contributed by atoms with van der Waals surface area (Å²) in [5.41, 5.74) is 0.594. The first-order chi connectivity index (χ1) is 10.0. The van der Waals surface area contributed by atoms with Crippen molar-refractivity contribution in [1.82, 2.24) is 14.6 Å². The van der Waals surface area contributed by atoms with E-state index in [9.17, 15) is 8.42 Å². The fraction of sp³-hybridized carbons (Fsp3) is 0.643. The molecule has 0 amide bonds. The van der Waals surface area contributed by atoms with E-state index in [2.05, 4.69) is 14.6 Å². The molecule has 1 aliphatic heterocycles. The van der Waals surface area contributed by atoms with Crippen molar-refractivity contribution in [3.05, 3.63) is 23.9 Å². The number of sulfonamides is 1. The summed E-state index contributed by atoms with van der Waals surface area (Å²) >= 11 is 0. The number of pyridine rings is 1. The summed E-state index contributed by atoms with van der Waals surface area (Å²) in [4.78, 5) is 6.25. The van der Waals surface area contributed by atoms with Gasteiger partial charge in [0.25, 0.3) is 10.0 Å². The number of aliphatic hydroxyl groups excluding tert-OH is 1. The summed E-state index contributed by atoms with van der Waals surface area (Å²) in [5, 5.41) is 8.93. The molecule has 1 atom stereocenters. The van der Waals surface area contributed by atoms with Crippen LogP contribution in [0.4, 0.5) is 0 Å². The smallest absolute Gasteiger partial charge is 0.258 e. The minimum atomic E-state index is -3.58. The highest BCUT2D eigenvalue weighted by molar-refractivity contribution is 7.89. The maximum atomic E-state index is 12.1. The minimum absolute atomic E-state index is 0.00641. The molecule has 21 heavy (non-hydrogen) atoms. The van der Waals surface area contributed by atoms with Gasteiger partial charge in [0.1, 0.15) is 0 Å². The third-order valence-corrected chi connectivity index (χ3v) is 4.98. The Morgan fingerprint density at radius 3 is 2.67 bits per heavy atom. The van der Waals surface area contributed by atoms with Crippen LogP contribution in [-0.4, -0.2) is 49.6 Å². The number of aliphatic hydroxyl groups is 1. The van der Waals surface area contributed by atoms with E-state index < -0.39 is 10.0 Å². The normalized spacial score (nSPS) is 18.0. The largest absolute Gasteiger partial charge is 0.392 e. The van der Waals surface area contributed by atoms with Gasteiger partial charge < -0.3 is 10.0 Å². The van der Waals surface area contributed by atoms with Crippen molar-refractivity contribution in [1.29, 1.82) is 0 Å². The second-order valence-electron chi connectivity index (χ2n) is 5.63. The molecule has 1 saturated heterocycles. The first-order valence-electron chi connectivity index (χ1n) is 7.29. The predicted octanol–water partition coefficient (Wildman–Crippen LogP) is 0.584. The molecule has 0 aliphatic carbocycles. The Kier molecular flexibility index (Phi) is 5.69. The number of nitrogens with one attached hydrogen (secondary N) is 1. The molecule has 0 radical (unpaired) electrons. The lowest BCUT2D eigenvalue weighted by Gasteiger charge is -2.20. The van der Waals surface area contributed by atoms with Crippen LogP contribution in [0.1, 0.15) is 25.3 Å². The zero-order valence-corrected chi connectivity index (χ0v) is 13.1. The molecule has 0 saturated carbocycles. The molecule has 2 N–H and O–H groups in total. The molecule has 1 fully saturated rings. The van der Waals surface area contributed by atoms with E-state index in [1.54, 1.807) is 6.07 Å². The highest BCUT2D eigenvalue weighted by Gasteiger charge is 2.19. The van der Waals surface area contributed by atoms with Crippen molar-refractivity contribution in [3.8, 4) is 0 Å². The van der Waals surface area contributed by atoms with Crippen molar-refractivity contribution >= 4 is 10.0 Å². The van der Waals surface area contributed by atoms with E-state index in [1.807, 2.05) is 6.92 Å². The summed E-state index contributed by atoms with van der Waals surface area (Å²) < 4.78 is 26.9. The second-order valence-corrected chi connectivity index (χ2v) is 7.34. The third-order valence-electron chi connectivity index (χ3n) is 3.65. The van der Waals surface area contributed by atoms with Crippen LogP contribution in [0.15, 0.2) is 23.4 Å². The molecule has 7 heteroatoms. The third kappa shape index (κ3) is 4.74. The van der Waals surface area contributed by atoms with E-state index in [0.29, 0.717) is 12.1 Å². The molecule has 1 unspecified atom stereocenters. The van der Waals surface area contributed by atoms with Gasteiger partial charge in [0.15, 0.2) is 5.03 Å². The van der Waals surface area contributed by atoms with Gasteiger partial charge in [-0.25, -0.2) is 18.1 Å². The minimum Gasteiger partial charge on any atom is -0.392 e. The molecular weight excluding hydrogens is 290 g/mol. The number of rotatable bonds is 7. The van der Waals surface area contributed by atoms with Crippen LogP contribution >= 0.6 is 0 Å². The van der Waals surface area contributed by atoms with E-state index in [1.165, 1.54) is 25.1 Å². The average molecular weight is 313 g/mol. The average Bonchev–Trinajstić information content (AvgIpc) is 2.98. The quantitative estimate of drug-likeness (QED) is 0.769. The Balaban J connectivity index is 1.87. The molecule has 0 spiro atoms. The van der Waals surface area contributed by atoms with Crippen molar-refractivity contribution in [2.24, 2.45) is 5.92 Å². The molecule has 1 aliphatic rings. The molecule has 0 aromatic carbocycles. The van der Waals surface area contributed by atoms with Gasteiger partial charge in [0.05, 0.1) is 6.61 Å². The summed E-state index contributed by atoms with van der Waals surface area (Å²) in [6, 6.07) is 2.98. The fourth-order valence-electron chi connectivity index (χ4n) is 2.46. The molecule has 1 aromatic rings. The van der Waals surface area contributed by atoms with Crippen molar-refractivity contribution in [3.63, 3.8) is 0 Å². The fourth-order valence-corrected chi connectivity index (χ4v) is 3.55. The van der Waals surface area contributed by atoms with Crippen molar-refractivity contribution in [2.45, 2.75) is 31.4 Å². The summed E-state index contributed by atoms with van der Waals surface area (Å²) in [6.07, 6.45) is 3.85. The summed E-state index contributed by atoms with van der Waals surface area (Å²) in [7, 11) is -3.58. The first-order valence-corrected chi connectivity index (χ1v) is 8.77. The van der Waals surface area contributed by atoms with E-state index in [0.717, 1.165) is 19.6 Å². The van der Waals surface area contributed by atoms with Gasteiger partial charge in [-0.3, -0.25) is 0 Å². The molecule has 2 heterocycles. The van der Waals surface area contributed by atoms with Gasteiger partial charge in [-0.1, -0.05) is 13.0 Å². The van der Waals surface area contributed by atoms with Gasteiger partial charge in [0, 0.05) is 19.3 Å². The number of hydrogen-bond acceptors (Lipinski definition) is 5. The number of aromatic nitrogens is 1. The summed E-state index contributed by atoms with van der Waals surface area (Å²) in [5.74, 6) is 0.259. The standard InChI is InChI=1S/C14H23N3O3S/c1-12(10-17-6-2-3-7-17)8-16-21(19,20)14-5-4-13(11-18)9-15-14/h4-5,9,12,16,18H,2-3,6-8,10-11H2,1H3. The highest BCUT2D eigenvalue weighted by Crippen LogP contribution is 2.11. The lowest BCUT2D eigenvalue weighted by Crippen LogP contribution is -2.34. The molecule has 2 rings (SSSR count). The van der Waals surface area contributed by atoms with Gasteiger partial charge in [-0.2, -0.15) is 0 Å². The Hall–Kier alpha value is -1.02. The Labute approximate surface area is 126 Å². The Bertz CT molecular complexity index is 539. The zero-order chi connectivity index (χ0) is 15.3. The van der Waals surface area contributed by atoms with Crippen LogP contribution in [0.2, 0.25) is 0 Å². The first kappa shape index (κ1) is 16.4.